The number of halogens is 1. The van der Waals surface area contributed by atoms with Gasteiger partial charge in [0, 0.05) is 61.0 Å². The molecule has 3 N–H and O–H groups in total. The summed E-state index contributed by atoms with van der Waals surface area (Å²) in [7, 11) is 1.83. The first kappa shape index (κ1) is 27.1. The number of carbonyl (C=O) groups excluding carboxylic acids is 1. The number of hydrogen-bond donors (Lipinski definition) is 3. The number of aromatic amines is 2. The predicted octanol–water partition coefficient (Wildman–Crippen LogP) is 5.51. The number of carbonyl (C=O) groups is 1. The lowest BCUT2D eigenvalue weighted by Crippen LogP contribution is -2.31. The number of rotatable bonds is 9. The largest absolute Gasteiger partial charge is 0.351 e. The molecule has 1 saturated carbocycles. The van der Waals surface area contributed by atoms with Crippen molar-refractivity contribution < 1.29 is 4.79 Å². The molecular weight excluding hydrogens is 536 g/mol. The van der Waals surface area contributed by atoms with Gasteiger partial charge in [0.25, 0.3) is 0 Å². The SMILES string of the molecule is Cc1[nH][nH]c1CCN(C)C(=O)Cc1cn(-c2ccc(Cl)cc2)c(-c2cnc(NC3CC4C=CC=CC4(C)C3)nc2)n1. The van der Waals surface area contributed by atoms with Gasteiger partial charge in [0.1, 0.15) is 5.82 Å². The lowest BCUT2D eigenvalue weighted by molar-refractivity contribution is -0.129. The lowest BCUT2D eigenvalue weighted by Gasteiger charge is -2.27. The van der Waals surface area contributed by atoms with Crippen molar-refractivity contribution in [2.75, 3.05) is 18.9 Å². The van der Waals surface area contributed by atoms with Crippen LogP contribution in [0.4, 0.5) is 5.95 Å². The second-order valence-electron chi connectivity index (χ2n) is 11.4. The Morgan fingerprint density at radius 3 is 2.66 bits per heavy atom. The van der Waals surface area contributed by atoms with Crippen molar-refractivity contribution in [3.63, 3.8) is 0 Å². The number of likely N-dealkylation sites (N-methyl/N-ethyl adjacent to an activating group) is 1. The van der Waals surface area contributed by atoms with Gasteiger partial charge in [-0.3, -0.25) is 9.36 Å². The summed E-state index contributed by atoms with van der Waals surface area (Å²) < 4.78 is 1.96. The van der Waals surface area contributed by atoms with E-state index in [-0.39, 0.29) is 17.7 Å². The average Bonchev–Trinajstić information content (AvgIpc) is 3.53. The normalized spacial score (nSPS) is 21.3. The molecule has 1 amide bonds. The average molecular weight is 571 g/mol. The highest BCUT2D eigenvalue weighted by molar-refractivity contribution is 6.30. The number of imidazole rings is 1. The molecule has 9 nitrogen and oxygen atoms in total. The third-order valence-corrected chi connectivity index (χ3v) is 8.67. The summed E-state index contributed by atoms with van der Waals surface area (Å²) in [6, 6.07) is 7.85. The van der Waals surface area contributed by atoms with Crippen LogP contribution in [-0.4, -0.2) is 60.2 Å². The molecule has 0 saturated heterocycles. The topological polar surface area (TPSA) is 108 Å². The summed E-state index contributed by atoms with van der Waals surface area (Å²) in [5, 5.41) is 10.3. The number of anilines is 1. The van der Waals surface area contributed by atoms with Gasteiger partial charge in [-0.1, -0.05) is 42.8 Å². The van der Waals surface area contributed by atoms with Crippen LogP contribution in [0.15, 0.2) is 67.2 Å². The zero-order valence-corrected chi connectivity index (χ0v) is 24.3. The molecular formula is C31H35ClN8O. The third-order valence-electron chi connectivity index (χ3n) is 8.42. The molecule has 3 unspecified atom stereocenters. The number of hydrogen-bond acceptors (Lipinski definition) is 5. The number of aromatic nitrogens is 6. The molecule has 2 aliphatic rings. The van der Waals surface area contributed by atoms with Crippen molar-refractivity contribution in [1.82, 2.24) is 34.6 Å². The Morgan fingerprint density at radius 2 is 1.98 bits per heavy atom. The van der Waals surface area contributed by atoms with E-state index in [1.807, 2.05) is 49.0 Å². The highest BCUT2D eigenvalue weighted by Crippen LogP contribution is 2.47. The highest BCUT2D eigenvalue weighted by Gasteiger charge is 2.41. The minimum Gasteiger partial charge on any atom is -0.351 e. The van der Waals surface area contributed by atoms with E-state index in [2.05, 4.69) is 56.7 Å². The van der Waals surface area contributed by atoms with Gasteiger partial charge in [-0.2, -0.15) is 0 Å². The Morgan fingerprint density at radius 1 is 1.20 bits per heavy atom. The molecule has 1 aromatic carbocycles. The molecule has 4 aromatic rings. The van der Waals surface area contributed by atoms with Crippen molar-refractivity contribution in [2.24, 2.45) is 11.3 Å². The maximum absolute atomic E-state index is 13.0. The van der Waals surface area contributed by atoms with Crippen molar-refractivity contribution in [1.29, 1.82) is 0 Å². The molecule has 0 bridgehead atoms. The standard InChI is InChI=1S/C31H35ClN8O/c1-20-27(38-37-20)11-13-39(3)28(41)15-25-19-40(26-9-7-23(32)8-10-26)29(35-25)21-17-33-30(34-18-21)36-24-14-22-6-4-5-12-31(22,2)16-24/h4-10,12,17-19,22,24,37-38H,11,13-16H2,1-3H3,(H,33,34,36). The zero-order valence-electron chi connectivity index (χ0n) is 23.6. The second kappa shape index (κ2) is 11.0. The number of nitrogens with one attached hydrogen (secondary N) is 3. The predicted molar refractivity (Wildman–Crippen MR) is 161 cm³/mol. The van der Waals surface area contributed by atoms with E-state index in [1.165, 1.54) is 0 Å². The Bertz CT molecular complexity index is 1580. The van der Waals surface area contributed by atoms with Crippen molar-refractivity contribution >= 4 is 23.5 Å². The molecule has 3 aromatic heterocycles. The van der Waals surface area contributed by atoms with Crippen LogP contribution in [-0.2, 0) is 17.6 Å². The van der Waals surface area contributed by atoms with Crippen molar-refractivity contribution in [3.8, 4) is 17.1 Å². The van der Waals surface area contributed by atoms with Gasteiger partial charge in [0.2, 0.25) is 11.9 Å². The summed E-state index contributed by atoms with van der Waals surface area (Å²) in [6.45, 7) is 4.96. The Balaban J connectivity index is 1.19. The van der Waals surface area contributed by atoms with E-state index in [0.29, 0.717) is 41.0 Å². The molecule has 0 aliphatic heterocycles. The van der Waals surface area contributed by atoms with Crippen LogP contribution in [0.3, 0.4) is 0 Å². The number of aryl methyl sites for hydroxylation is 1. The number of benzene rings is 1. The first-order valence-corrected chi connectivity index (χ1v) is 14.4. The molecule has 3 heterocycles. The monoisotopic (exact) mass is 570 g/mol. The first-order valence-electron chi connectivity index (χ1n) is 14.0. The fourth-order valence-corrected chi connectivity index (χ4v) is 5.98. The van der Waals surface area contributed by atoms with Gasteiger partial charge >= 0.3 is 0 Å². The van der Waals surface area contributed by atoms with Crippen molar-refractivity contribution in [3.05, 3.63) is 89.3 Å². The quantitative estimate of drug-likeness (QED) is 0.246. The molecule has 0 spiro atoms. The molecule has 3 atom stereocenters. The van der Waals surface area contributed by atoms with Crippen LogP contribution in [0.5, 0.6) is 0 Å². The number of H-pyrrole nitrogens is 2. The number of allylic oxidation sites excluding steroid dienone is 4. The minimum absolute atomic E-state index is 0.00848. The second-order valence-corrected chi connectivity index (χ2v) is 11.9. The Kier molecular flexibility index (Phi) is 7.30. The molecule has 212 valence electrons. The Labute approximate surface area is 244 Å². The molecule has 41 heavy (non-hydrogen) atoms. The van der Waals surface area contributed by atoms with E-state index >= 15 is 0 Å². The van der Waals surface area contributed by atoms with Crippen LogP contribution in [0.25, 0.3) is 17.1 Å². The van der Waals surface area contributed by atoms with Gasteiger partial charge in [-0.05, 0) is 55.4 Å². The lowest BCUT2D eigenvalue weighted by atomic mass is 9.77. The van der Waals surface area contributed by atoms with Gasteiger partial charge in [0.05, 0.1) is 23.4 Å². The van der Waals surface area contributed by atoms with E-state index < -0.39 is 0 Å². The maximum Gasteiger partial charge on any atom is 0.228 e. The van der Waals surface area contributed by atoms with Crippen LogP contribution in [0.2, 0.25) is 5.02 Å². The zero-order chi connectivity index (χ0) is 28.6. The van der Waals surface area contributed by atoms with Crippen molar-refractivity contribution in [2.45, 2.75) is 45.6 Å². The summed E-state index contributed by atoms with van der Waals surface area (Å²) in [6.07, 6.45) is 17.5. The Hall–Kier alpha value is -4.11. The molecule has 6 rings (SSSR count). The number of amides is 1. The van der Waals surface area contributed by atoms with E-state index in [0.717, 1.165) is 41.9 Å². The van der Waals surface area contributed by atoms with Gasteiger partial charge in [0.15, 0.2) is 0 Å². The summed E-state index contributed by atoms with van der Waals surface area (Å²) in [5.74, 6) is 1.82. The van der Waals surface area contributed by atoms with Crippen LogP contribution in [0, 0.1) is 18.3 Å². The first-order chi connectivity index (χ1) is 19.8. The maximum atomic E-state index is 13.0. The minimum atomic E-state index is 0.00848. The number of nitrogens with zero attached hydrogens (tertiary/aromatic N) is 5. The van der Waals surface area contributed by atoms with E-state index in [1.54, 1.807) is 17.3 Å². The van der Waals surface area contributed by atoms with Gasteiger partial charge < -0.3 is 20.4 Å². The molecule has 10 heteroatoms. The summed E-state index contributed by atoms with van der Waals surface area (Å²) in [5.41, 5.74) is 4.76. The highest BCUT2D eigenvalue weighted by atomic mass is 35.5. The van der Waals surface area contributed by atoms with Gasteiger partial charge in [-0.15, -0.1) is 0 Å². The fourth-order valence-electron chi connectivity index (χ4n) is 5.85. The van der Waals surface area contributed by atoms with E-state index in [4.69, 9.17) is 16.6 Å². The van der Waals surface area contributed by atoms with E-state index in [9.17, 15) is 4.79 Å². The summed E-state index contributed by atoms with van der Waals surface area (Å²) in [4.78, 5) is 28.9. The number of fused-ring (bicyclic) bond motifs is 1. The molecule has 2 aliphatic carbocycles. The fraction of sp³-hybridized carbons (Fsp3) is 0.355. The van der Waals surface area contributed by atoms with Gasteiger partial charge in [-0.25, -0.2) is 15.0 Å². The third kappa shape index (κ3) is 5.72. The molecule has 1 fully saturated rings. The smallest absolute Gasteiger partial charge is 0.228 e. The van der Waals surface area contributed by atoms with Crippen LogP contribution in [0.1, 0.15) is 36.8 Å². The van der Waals surface area contributed by atoms with Crippen LogP contribution >= 0.6 is 11.6 Å². The van der Waals surface area contributed by atoms with Crippen LogP contribution < -0.4 is 5.32 Å². The molecule has 0 radical (unpaired) electrons. The summed E-state index contributed by atoms with van der Waals surface area (Å²) >= 11 is 6.16.